The summed E-state index contributed by atoms with van der Waals surface area (Å²) >= 11 is 0. The maximum Gasteiger partial charge on any atom is 0.333 e. The summed E-state index contributed by atoms with van der Waals surface area (Å²) in [6.45, 7) is 13.4. The normalized spacial score (nSPS) is 12.6. The van der Waals surface area contributed by atoms with E-state index >= 15 is 0 Å². The van der Waals surface area contributed by atoms with Gasteiger partial charge in [0, 0.05) is 33.0 Å². The van der Waals surface area contributed by atoms with Crippen LogP contribution in [0.25, 0.3) is 10.8 Å². The monoisotopic (exact) mass is 466 g/mol. The highest BCUT2D eigenvalue weighted by Crippen LogP contribution is 2.44. The van der Waals surface area contributed by atoms with Gasteiger partial charge in [-0.2, -0.15) is 0 Å². The molecule has 3 rings (SSSR count). The number of aryl methyl sites for hydroxylation is 1. The largest absolute Gasteiger partial charge is 0.489 e. The van der Waals surface area contributed by atoms with Gasteiger partial charge < -0.3 is 18.9 Å². The molecular formula is C28H34O6. The topological polar surface area (TPSA) is 71.1 Å². The quantitative estimate of drug-likeness (QED) is 0.255. The third kappa shape index (κ3) is 5.99. The Morgan fingerprint density at radius 2 is 1.29 bits per heavy atom. The van der Waals surface area contributed by atoms with Crippen molar-refractivity contribution in [1.29, 1.82) is 0 Å². The van der Waals surface area contributed by atoms with Crippen molar-refractivity contribution < 1.29 is 28.5 Å². The van der Waals surface area contributed by atoms with Gasteiger partial charge in [-0.15, -0.1) is 0 Å². The molecule has 0 saturated carbocycles. The highest BCUT2D eigenvalue weighted by atomic mass is 16.6. The van der Waals surface area contributed by atoms with Crippen LogP contribution in [0.2, 0.25) is 0 Å². The smallest absolute Gasteiger partial charge is 0.333 e. The van der Waals surface area contributed by atoms with E-state index in [0.29, 0.717) is 11.1 Å². The van der Waals surface area contributed by atoms with Crippen molar-refractivity contribution in [2.45, 2.75) is 52.9 Å². The van der Waals surface area contributed by atoms with Gasteiger partial charge in [-0.3, -0.25) is 0 Å². The molecule has 1 aliphatic rings. The van der Waals surface area contributed by atoms with Crippen molar-refractivity contribution in [3.05, 3.63) is 59.2 Å². The Morgan fingerprint density at radius 3 is 1.76 bits per heavy atom. The van der Waals surface area contributed by atoms with Crippen molar-refractivity contribution in [1.82, 2.24) is 0 Å². The highest BCUT2D eigenvalue weighted by molar-refractivity contribution is 5.97. The Balaban J connectivity index is 1.91. The molecule has 6 heteroatoms. The van der Waals surface area contributed by atoms with E-state index in [1.165, 1.54) is 5.56 Å². The maximum atomic E-state index is 11.7. The van der Waals surface area contributed by atoms with Crippen LogP contribution in [-0.2, 0) is 38.3 Å². The van der Waals surface area contributed by atoms with Crippen molar-refractivity contribution in [2.75, 3.05) is 26.4 Å². The Kier molecular flexibility index (Phi) is 8.74. The molecule has 34 heavy (non-hydrogen) atoms. The van der Waals surface area contributed by atoms with Gasteiger partial charge in [-0.25, -0.2) is 9.59 Å². The fourth-order valence-corrected chi connectivity index (χ4v) is 4.06. The van der Waals surface area contributed by atoms with E-state index in [9.17, 15) is 9.59 Å². The molecule has 0 aromatic heterocycles. The lowest BCUT2D eigenvalue weighted by molar-refractivity contribution is -0.140. The number of carbonyl (C=O) groups is 2. The van der Waals surface area contributed by atoms with Crippen molar-refractivity contribution in [2.24, 2.45) is 0 Å². The third-order valence-corrected chi connectivity index (χ3v) is 5.82. The van der Waals surface area contributed by atoms with Crippen LogP contribution in [0.15, 0.2) is 42.5 Å². The van der Waals surface area contributed by atoms with Crippen molar-refractivity contribution in [3.63, 3.8) is 0 Å². The Hall–Kier alpha value is -3.28. The fraction of sp³-hybridized carbons (Fsp3) is 0.429. The van der Waals surface area contributed by atoms with Crippen LogP contribution in [0.3, 0.4) is 0 Å². The molecule has 0 N–H and O–H groups in total. The SMILES string of the molecule is C=C(C)C(=O)OCCOc1c2c(c(OCCOC(=O)C(=C)C)c3cc(CC)ccc13)CCCC2. The lowest BCUT2D eigenvalue weighted by atomic mass is 9.86. The molecule has 0 amide bonds. The summed E-state index contributed by atoms with van der Waals surface area (Å²) in [5.74, 6) is 0.839. The van der Waals surface area contributed by atoms with Crippen LogP contribution in [0, 0.1) is 0 Å². The Morgan fingerprint density at radius 1 is 0.794 bits per heavy atom. The lowest BCUT2D eigenvalue weighted by Crippen LogP contribution is -2.16. The van der Waals surface area contributed by atoms with Gasteiger partial charge in [0.1, 0.15) is 37.9 Å². The number of carbonyl (C=O) groups excluding carboxylic acids is 2. The van der Waals surface area contributed by atoms with E-state index in [4.69, 9.17) is 18.9 Å². The van der Waals surface area contributed by atoms with Gasteiger partial charge in [0.25, 0.3) is 0 Å². The van der Waals surface area contributed by atoms with Crippen LogP contribution in [-0.4, -0.2) is 38.4 Å². The van der Waals surface area contributed by atoms with Crippen molar-refractivity contribution in [3.8, 4) is 11.5 Å². The van der Waals surface area contributed by atoms with Gasteiger partial charge in [0.05, 0.1) is 0 Å². The third-order valence-electron chi connectivity index (χ3n) is 5.82. The summed E-state index contributed by atoms with van der Waals surface area (Å²) in [7, 11) is 0. The maximum absolute atomic E-state index is 11.7. The van der Waals surface area contributed by atoms with Crippen LogP contribution in [0.1, 0.15) is 50.3 Å². The lowest BCUT2D eigenvalue weighted by Gasteiger charge is -2.26. The Bertz CT molecular complexity index is 1100. The first-order chi connectivity index (χ1) is 16.3. The van der Waals surface area contributed by atoms with E-state index in [1.807, 2.05) is 0 Å². The van der Waals surface area contributed by atoms with Crippen molar-refractivity contribution >= 4 is 22.7 Å². The molecule has 0 radical (unpaired) electrons. The van der Waals surface area contributed by atoms with Crippen LogP contribution < -0.4 is 9.47 Å². The van der Waals surface area contributed by atoms with Gasteiger partial charge in [0.15, 0.2) is 0 Å². The van der Waals surface area contributed by atoms with E-state index < -0.39 is 11.9 Å². The molecule has 182 valence electrons. The minimum absolute atomic E-state index is 0.154. The molecule has 0 atom stereocenters. The van der Waals surface area contributed by atoms with Gasteiger partial charge in [-0.05, 0) is 57.6 Å². The average Bonchev–Trinajstić information content (AvgIpc) is 2.83. The molecule has 0 spiro atoms. The minimum atomic E-state index is -0.417. The fourth-order valence-electron chi connectivity index (χ4n) is 4.06. The molecule has 0 fully saturated rings. The number of benzene rings is 2. The molecule has 6 nitrogen and oxygen atoms in total. The second-order valence-electron chi connectivity index (χ2n) is 8.59. The summed E-state index contributed by atoms with van der Waals surface area (Å²) in [5, 5.41) is 1.96. The summed E-state index contributed by atoms with van der Waals surface area (Å²) in [6, 6.07) is 6.32. The Labute approximate surface area is 201 Å². The van der Waals surface area contributed by atoms with Gasteiger partial charge in [0.2, 0.25) is 0 Å². The molecule has 0 unspecified atom stereocenters. The first-order valence-electron chi connectivity index (χ1n) is 11.8. The van der Waals surface area contributed by atoms with Gasteiger partial charge >= 0.3 is 11.9 Å². The molecule has 0 bridgehead atoms. The summed E-state index contributed by atoms with van der Waals surface area (Å²) in [6.07, 6.45) is 4.83. The van der Waals surface area contributed by atoms with Gasteiger partial charge in [-0.1, -0.05) is 32.2 Å². The molecule has 0 aliphatic heterocycles. The molecule has 0 heterocycles. The molecule has 2 aromatic rings. The summed E-state index contributed by atoms with van der Waals surface area (Å²) in [5.41, 5.74) is 4.22. The average molecular weight is 467 g/mol. The standard InChI is InChI=1S/C28H34O6/c1-6-20-11-12-23-24(17-20)26(32-14-16-34-28(30)19(4)5)22-10-8-7-9-21(22)25(23)31-13-15-33-27(29)18(2)3/h11-12,17H,2,4,6-10,13-16H2,1,3,5H3. The number of hydrogen-bond donors (Lipinski definition) is 0. The number of hydrogen-bond acceptors (Lipinski definition) is 6. The predicted molar refractivity (Wildman–Crippen MR) is 133 cm³/mol. The first-order valence-corrected chi connectivity index (χ1v) is 11.8. The van der Waals surface area contributed by atoms with E-state index in [1.54, 1.807) is 13.8 Å². The van der Waals surface area contributed by atoms with E-state index in [0.717, 1.165) is 65.5 Å². The zero-order chi connectivity index (χ0) is 24.7. The predicted octanol–water partition coefficient (Wildman–Crippen LogP) is 5.28. The number of rotatable bonds is 11. The molecule has 1 aliphatic carbocycles. The van der Waals surface area contributed by atoms with E-state index in [2.05, 4.69) is 38.3 Å². The number of fused-ring (bicyclic) bond motifs is 2. The molecular weight excluding hydrogens is 432 g/mol. The number of esters is 2. The minimum Gasteiger partial charge on any atom is -0.489 e. The molecule has 0 saturated heterocycles. The second-order valence-corrected chi connectivity index (χ2v) is 8.59. The highest BCUT2D eigenvalue weighted by Gasteiger charge is 2.24. The second kappa shape index (κ2) is 11.7. The number of ether oxygens (including phenoxy) is 4. The summed E-state index contributed by atoms with van der Waals surface area (Å²) < 4.78 is 22.9. The van der Waals surface area contributed by atoms with Crippen LogP contribution >= 0.6 is 0 Å². The zero-order valence-corrected chi connectivity index (χ0v) is 20.5. The van der Waals surface area contributed by atoms with Crippen LogP contribution in [0.5, 0.6) is 11.5 Å². The zero-order valence-electron chi connectivity index (χ0n) is 20.5. The molecule has 2 aromatic carbocycles. The van der Waals surface area contributed by atoms with Crippen LogP contribution in [0.4, 0.5) is 0 Å². The first kappa shape index (κ1) is 25.3. The van der Waals surface area contributed by atoms with E-state index in [-0.39, 0.29) is 26.4 Å². The summed E-state index contributed by atoms with van der Waals surface area (Å²) in [4.78, 5) is 23.4.